The fourth-order valence-electron chi connectivity index (χ4n) is 4.23. The number of hydrogen-bond donors (Lipinski definition) is 0. The Labute approximate surface area is 206 Å². The molecule has 1 heterocycles. The van der Waals surface area contributed by atoms with Gasteiger partial charge < -0.3 is 9.80 Å². The summed E-state index contributed by atoms with van der Waals surface area (Å²) >= 11 is 13.1. The van der Waals surface area contributed by atoms with Gasteiger partial charge in [0, 0.05) is 13.1 Å². The predicted molar refractivity (Wildman–Crippen MR) is 143 cm³/mol. The topological polar surface area (TPSA) is 6.48 Å². The number of fused-ring (bicyclic) bond motifs is 1. The zero-order valence-corrected chi connectivity index (χ0v) is 21.9. The molecule has 2 aromatic carbocycles. The molecule has 0 saturated carbocycles. The van der Waals surface area contributed by atoms with Crippen LogP contribution in [0.3, 0.4) is 0 Å². The molecule has 2 aromatic rings. The van der Waals surface area contributed by atoms with Crippen LogP contribution >= 0.6 is 23.2 Å². The molecule has 178 valence electrons. The van der Waals surface area contributed by atoms with E-state index in [-0.39, 0.29) is 0 Å². The van der Waals surface area contributed by atoms with E-state index in [1.165, 1.54) is 80.5 Å². The number of unbranched alkanes of at least 4 members (excludes halogenated alkanes) is 9. The Morgan fingerprint density at radius 3 is 1.91 bits per heavy atom. The van der Waals surface area contributed by atoms with Crippen LogP contribution in [0.5, 0.6) is 0 Å². The van der Waals surface area contributed by atoms with E-state index in [4.69, 9.17) is 23.2 Å². The number of benzene rings is 2. The van der Waals surface area contributed by atoms with Crippen molar-refractivity contribution in [2.45, 2.75) is 91.5 Å². The van der Waals surface area contributed by atoms with Crippen LogP contribution in [-0.2, 0) is 6.54 Å². The van der Waals surface area contributed by atoms with Gasteiger partial charge in [-0.2, -0.15) is 0 Å². The van der Waals surface area contributed by atoms with E-state index in [0.29, 0.717) is 10.3 Å². The molecule has 1 aliphatic rings. The van der Waals surface area contributed by atoms with Crippen molar-refractivity contribution >= 4 is 34.0 Å². The molecule has 0 aromatic heterocycles. The van der Waals surface area contributed by atoms with Gasteiger partial charge in [-0.15, -0.1) is 0 Å². The minimum Gasteiger partial charge on any atom is -0.342 e. The van der Waals surface area contributed by atoms with Gasteiger partial charge in [0.05, 0.1) is 6.67 Å². The summed E-state index contributed by atoms with van der Waals surface area (Å²) in [4.78, 5) is 4.39. The molecule has 0 fully saturated rings. The number of rotatable bonds is 13. The molecule has 0 spiro atoms. The Morgan fingerprint density at radius 2 is 1.25 bits per heavy atom. The Hall–Kier alpha value is -1.38. The summed E-state index contributed by atoms with van der Waals surface area (Å²) in [6, 6.07) is 15.1. The van der Waals surface area contributed by atoms with Crippen molar-refractivity contribution in [1.29, 1.82) is 0 Å². The summed E-state index contributed by atoms with van der Waals surface area (Å²) in [6.07, 6.45) is 13.5. The van der Waals surface area contributed by atoms with Crippen molar-refractivity contribution in [3.05, 3.63) is 58.3 Å². The Balaban J connectivity index is 0.00000176. The number of halogens is 2. The molecule has 4 heteroatoms. The van der Waals surface area contributed by atoms with Crippen molar-refractivity contribution in [2.24, 2.45) is 0 Å². The Bertz CT molecular complexity index is 818. The van der Waals surface area contributed by atoms with Crippen LogP contribution in [0.4, 0.5) is 0 Å². The van der Waals surface area contributed by atoms with E-state index < -0.39 is 0 Å². The van der Waals surface area contributed by atoms with Crippen LogP contribution in [0, 0.1) is 0 Å². The quantitative estimate of drug-likeness (QED) is 0.209. The molecule has 0 radical (unpaired) electrons. The largest absolute Gasteiger partial charge is 0.342 e. The van der Waals surface area contributed by atoms with Gasteiger partial charge in [-0.25, -0.2) is 0 Å². The van der Waals surface area contributed by atoms with Crippen molar-refractivity contribution in [1.82, 2.24) is 9.80 Å². The van der Waals surface area contributed by atoms with Crippen molar-refractivity contribution in [3.63, 3.8) is 0 Å². The van der Waals surface area contributed by atoms with Crippen LogP contribution in [0.2, 0.25) is 0 Å². The van der Waals surface area contributed by atoms with Gasteiger partial charge in [0.15, 0.2) is 0 Å². The number of hydrogen-bond acceptors (Lipinski definition) is 2. The standard InChI is InChI=1S/C26H36Cl2N2.C2H6/c1-2-3-4-5-6-7-8-9-10-13-18-29-21-30(26(28)25(29)27)20-22-16-17-23-14-11-12-15-24(23)19-22;1-2/h11-12,14-17,19H,2-10,13,18,20-21H2,1H3;1-2H3. The summed E-state index contributed by atoms with van der Waals surface area (Å²) in [5.41, 5.74) is 1.26. The average Bonchev–Trinajstić information content (AvgIpc) is 3.09. The molecule has 32 heavy (non-hydrogen) atoms. The third kappa shape index (κ3) is 8.52. The number of nitrogens with zero attached hydrogens (tertiary/aromatic N) is 2. The average molecular weight is 478 g/mol. The minimum absolute atomic E-state index is 0.678. The minimum atomic E-state index is 0.678. The molecule has 0 amide bonds. The highest BCUT2D eigenvalue weighted by Gasteiger charge is 2.26. The molecule has 0 unspecified atom stereocenters. The normalized spacial score (nSPS) is 13.7. The van der Waals surface area contributed by atoms with Gasteiger partial charge in [-0.3, -0.25) is 0 Å². The lowest BCUT2D eigenvalue weighted by atomic mass is 10.1. The Kier molecular flexibility index (Phi) is 13.0. The van der Waals surface area contributed by atoms with Crippen LogP contribution in [0.1, 0.15) is 90.5 Å². The van der Waals surface area contributed by atoms with Gasteiger partial charge in [0.2, 0.25) is 0 Å². The summed E-state index contributed by atoms with van der Waals surface area (Å²) in [7, 11) is 0. The summed E-state index contributed by atoms with van der Waals surface area (Å²) in [5.74, 6) is 0. The zero-order chi connectivity index (χ0) is 23.2. The summed E-state index contributed by atoms with van der Waals surface area (Å²) in [5, 5.41) is 3.91. The van der Waals surface area contributed by atoms with E-state index in [9.17, 15) is 0 Å². The lowest BCUT2D eigenvalue weighted by molar-refractivity contribution is 0.249. The highest BCUT2D eigenvalue weighted by atomic mass is 35.5. The van der Waals surface area contributed by atoms with Crippen molar-refractivity contribution in [3.8, 4) is 0 Å². The second kappa shape index (κ2) is 15.5. The SMILES string of the molecule is CC.CCCCCCCCCCCCN1CN(Cc2ccc3ccccc3c2)C(Cl)=C1Cl. The van der Waals surface area contributed by atoms with E-state index in [1.807, 2.05) is 13.8 Å². The van der Waals surface area contributed by atoms with Gasteiger partial charge in [-0.1, -0.05) is 138 Å². The third-order valence-corrected chi connectivity index (χ3v) is 6.97. The first-order valence-electron chi connectivity index (χ1n) is 12.7. The maximum Gasteiger partial charge on any atom is 0.142 e. The molecular formula is C28H42Cl2N2. The van der Waals surface area contributed by atoms with Gasteiger partial charge in [0.1, 0.15) is 10.3 Å². The molecular weight excluding hydrogens is 435 g/mol. The second-order valence-corrected chi connectivity index (χ2v) is 9.26. The molecule has 1 aliphatic heterocycles. The lowest BCUT2D eigenvalue weighted by Crippen LogP contribution is -2.27. The Morgan fingerprint density at radius 1 is 0.688 bits per heavy atom. The molecule has 0 atom stereocenters. The fraction of sp³-hybridized carbons (Fsp3) is 0.571. The van der Waals surface area contributed by atoms with Crippen molar-refractivity contribution < 1.29 is 0 Å². The van der Waals surface area contributed by atoms with E-state index in [2.05, 4.69) is 59.2 Å². The van der Waals surface area contributed by atoms with Crippen molar-refractivity contribution in [2.75, 3.05) is 13.2 Å². The van der Waals surface area contributed by atoms with Gasteiger partial charge in [-0.05, 0) is 28.8 Å². The monoisotopic (exact) mass is 476 g/mol. The maximum atomic E-state index is 6.56. The smallest absolute Gasteiger partial charge is 0.142 e. The van der Waals surface area contributed by atoms with Crippen LogP contribution in [0.15, 0.2) is 52.8 Å². The highest BCUT2D eigenvalue weighted by Crippen LogP contribution is 2.31. The molecule has 0 N–H and O–H groups in total. The fourth-order valence-corrected chi connectivity index (χ4v) is 4.72. The lowest BCUT2D eigenvalue weighted by Gasteiger charge is -2.22. The molecule has 0 saturated heterocycles. The summed E-state index contributed by atoms with van der Waals surface area (Å²) < 4.78 is 0. The molecule has 2 nitrogen and oxygen atoms in total. The van der Waals surface area contributed by atoms with Crippen LogP contribution in [-0.4, -0.2) is 23.0 Å². The maximum absolute atomic E-state index is 6.56. The first-order valence-corrected chi connectivity index (χ1v) is 13.5. The zero-order valence-electron chi connectivity index (χ0n) is 20.4. The van der Waals surface area contributed by atoms with E-state index >= 15 is 0 Å². The molecule has 0 aliphatic carbocycles. The van der Waals surface area contributed by atoms with E-state index in [0.717, 1.165) is 19.8 Å². The summed E-state index contributed by atoms with van der Waals surface area (Å²) in [6.45, 7) is 8.83. The van der Waals surface area contributed by atoms with Crippen LogP contribution in [0.25, 0.3) is 10.8 Å². The third-order valence-electron chi connectivity index (χ3n) is 6.04. The first-order chi connectivity index (χ1) is 15.7. The van der Waals surface area contributed by atoms with E-state index in [1.54, 1.807) is 0 Å². The first kappa shape index (κ1) is 26.9. The highest BCUT2D eigenvalue weighted by molar-refractivity contribution is 6.38. The van der Waals surface area contributed by atoms with Gasteiger partial charge in [0.25, 0.3) is 0 Å². The molecule has 0 bridgehead atoms. The predicted octanol–water partition coefficient (Wildman–Crippen LogP) is 9.47. The second-order valence-electron chi connectivity index (χ2n) is 8.55. The van der Waals surface area contributed by atoms with Gasteiger partial charge >= 0.3 is 0 Å². The van der Waals surface area contributed by atoms with Crippen LogP contribution < -0.4 is 0 Å². The molecule has 3 rings (SSSR count).